The van der Waals surface area contributed by atoms with Crippen molar-refractivity contribution in [1.29, 1.82) is 0 Å². The lowest BCUT2D eigenvalue weighted by atomic mass is 9.98. The topological polar surface area (TPSA) is 87.7 Å². The van der Waals surface area contributed by atoms with Crippen LogP contribution in [-0.2, 0) is 24.1 Å². The number of amides is 1. The summed E-state index contributed by atoms with van der Waals surface area (Å²) in [5.74, 6) is -0.0370. The van der Waals surface area contributed by atoms with Gasteiger partial charge in [-0.15, -0.1) is 12.4 Å². The number of fused-ring (bicyclic) bond motifs is 1. The van der Waals surface area contributed by atoms with E-state index in [2.05, 4.69) is 20.3 Å². The molecule has 1 unspecified atom stereocenters. The van der Waals surface area contributed by atoms with Crippen LogP contribution in [0.5, 0.6) is 0 Å². The summed E-state index contributed by atoms with van der Waals surface area (Å²) in [6.45, 7) is 0.569. The van der Waals surface area contributed by atoms with Crippen molar-refractivity contribution in [3.8, 4) is 11.4 Å². The zero-order valence-electron chi connectivity index (χ0n) is 16.9. The third kappa shape index (κ3) is 5.55. The number of halogens is 2. The number of aryl methyl sites for hydroxylation is 1. The van der Waals surface area contributed by atoms with Gasteiger partial charge in [0.2, 0.25) is 5.91 Å². The summed E-state index contributed by atoms with van der Waals surface area (Å²) in [5.41, 5.74) is 2.98. The number of carbonyl (C=O) groups excluding carboxylic acids is 1. The molecule has 0 fully saturated rings. The molecule has 2 heterocycles. The molecule has 0 spiro atoms. The van der Waals surface area contributed by atoms with Crippen LogP contribution in [0.25, 0.3) is 11.4 Å². The number of aromatic amines is 1. The molecule has 1 aliphatic carbocycles. The Kier molecular flexibility index (Phi) is 7.52. The highest BCUT2D eigenvalue weighted by atomic mass is 35.5. The van der Waals surface area contributed by atoms with Gasteiger partial charge in [0.15, 0.2) is 0 Å². The normalized spacial score (nSPS) is 15.3. The molecule has 2 N–H and O–H groups in total. The van der Waals surface area contributed by atoms with Gasteiger partial charge in [-0.25, -0.2) is 9.37 Å². The van der Waals surface area contributed by atoms with E-state index in [9.17, 15) is 14.0 Å². The lowest BCUT2D eigenvalue weighted by Gasteiger charge is -2.14. The fraction of sp³-hybridized carbons (Fsp3) is 0.304. The van der Waals surface area contributed by atoms with Crippen molar-refractivity contribution in [1.82, 2.24) is 20.3 Å². The highest BCUT2D eigenvalue weighted by Gasteiger charge is 2.25. The molecular formula is C23H24ClFN4O2. The van der Waals surface area contributed by atoms with Gasteiger partial charge in [-0.05, 0) is 74.1 Å². The zero-order valence-corrected chi connectivity index (χ0v) is 17.8. The average Bonchev–Trinajstić information content (AvgIpc) is 2.98. The number of carbonyl (C=O) groups is 1. The lowest BCUT2D eigenvalue weighted by molar-refractivity contribution is -0.125. The smallest absolute Gasteiger partial charge is 0.254 e. The summed E-state index contributed by atoms with van der Waals surface area (Å²) < 4.78 is 13.2. The Balaban J connectivity index is 0.00000272. The first-order valence-electron chi connectivity index (χ1n) is 10.1. The quantitative estimate of drug-likeness (QED) is 0.594. The van der Waals surface area contributed by atoms with Crippen molar-refractivity contribution >= 4 is 18.3 Å². The summed E-state index contributed by atoms with van der Waals surface area (Å²) in [4.78, 5) is 36.6. The predicted molar refractivity (Wildman–Crippen MR) is 119 cm³/mol. The first-order chi connectivity index (χ1) is 14.6. The van der Waals surface area contributed by atoms with E-state index in [0.717, 1.165) is 17.7 Å². The largest absolute Gasteiger partial charge is 0.356 e. The van der Waals surface area contributed by atoms with Gasteiger partial charge in [-0.2, -0.15) is 0 Å². The van der Waals surface area contributed by atoms with E-state index >= 15 is 0 Å². The van der Waals surface area contributed by atoms with Crippen LogP contribution in [0, 0.1) is 11.7 Å². The second-order valence-corrected chi connectivity index (χ2v) is 7.52. The number of nitrogens with one attached hydrogen (secondary N) is 2. The maximum Gasteiger partial charge on any atom is 0.254 e. The lowest BCUT2D eigenvalue weighted by Crippen LogP contribution is -2.32. The molecule has 4 rings (SSSR count). The number of nitrogens with zero attached hydrogens (tertiary/aromatic N) is 2. The van der Waals surface area contributed by atoms with E-state index in [0.29, 0.717) is 49.2 Å². The highest BCUT2D eigenvalue weighted by Crippen LogP contribution is 2.23. The Hall–Kier alpha value is -3.06. The van der Waals surface area contributed by atoms with Gasteiger partial charge in [0.25, 0.3) is 5.56 Å². The van der Waals surface area contributed by atoms with Gasteiger partial charge in [0.1, 0.15) is 11.6 Å². The van der Waals surface area contributed by atoms with Crippen molar-refractivity contribution in [3.63, 3.8) is 0 Å². The number of aromatic nitrogens is 3. The maximum absolute atomic E-state index is 13.2. The van der Waals surface area contributed by atoms with E-state index in [1.807, 2.05) is 12.1 Å². The second kappa shape index (κ2) is 10.3. The summed E-state index contributed by atoms with van der Waals surface area (Å²) in [7, 11) is 0. The standard InChI is InChI=1S/C23H23FN4O2.ClH/c24-18-5-1-16(2-6-18)21-27-20-8-4-17(3-7-19(20)23(30)28-21)22(29)26-14-11-15-9-12-25-13-10-15;/h1-2,5-6,9-10,12-13,17H,3-4,7-8,11,14H2,(H,26,29)(H,27,28,30);1H. The van der Waals surface area contributed by atoms with Crippen LogP contribution in [0.4, 0.5) is 4.39 Å². The molecule has 3 aromatic rings. The molecule has 1 aliphatic rings. The minimum Gasteiger partial charge on any atom is -0.356 e. The molecule has 31 heavy (non-hydrogen) atoms. The SMILES string of the molecule is Cl.O=C(NCCc1ccncc1)C1CCc2nc(-c3ccc(F)cc3)[nH]c(=O)c2CC1. The van der Waals surface area contributed by atoms with Crippen molar-refractivity contribution in [3.05, 3.63) is 81.8 Å². The molecular weight excluding hydrogens is 419 g/mol. The van der Waals surface area contributed by atoms with Gasteiger partial charge < -0.3 is 10.3 Å². The molecule has 162 valence electrons. The summed E-state index contributed by atoms with van der Waals surface area (Å²) in [6.07, 6.45) is 6.58. The highest BCUT2D eigenvalue weighted by molar-refractivity contribution is 5.85. The monoisotopic (exact) mass is 442 g/mol. The van der Waals surface area contributed by atoms with Gasteiger partial charge in [0.05, 0.1) is 5.69 Å². The molecule has 1 atom stereocenters. The molecule has 0 bridgehead atoms. The van der Waals surface area contributed by atoms with Crippen LogP contribution < -0.4 is 10.9 Å². The minimum absolute atomic E-state index is 0. The Morgan fingerprint density at radius 2 is 1.81 bits per heavy atom. The van der Waals surface area contributed by atoms with Crippen LogP contribution >= 0.6 is 12.4 Å². The predicted octanol–water partition coefficient (Wildman–Crippen LogP) is 3.25. The van der Waals surface area contributed by atoms with Crippen molar-refractivity contribution in [2.24, 2.45) is 5.92 Å². The van der Waals surface area contributed by atoms with Crippen LogP contribution in [0.1, 0.15) is 29.7 Å². The summed E-state index contributed by atoms with van der Waals surface area (Å²) in [6, 6.07) is 9.74. The molecule has 0 aliphatic heterocycles. The Morgan fingerprint density at radius 3 is 2.55 bits per heavy atom. The van der Waals surface area contributed by atoms with Gasteiger partial charge in [0, 0.05) is 36.0 Å². The van der Waals surface area contributed by atoms with E-state index in [1.54, 1.807) is 24.5 Å². The minimum atomic E-state index is -0.339. The van der Waals surface area contributed by atoms with E-state index < -0.39 is 0 Å². The average molecular weight is 443 g/mol. The number of hydrogen-bond donors (Lipinski definition) is 2. The van der Waals surface area contributed by atoms with Crippen molar-refractivity contribution in [2.75, 3.05) is 6.54 Å². The Labute approximate surface area is 185 Å². The number of H-pyrrole nitrogens is 1. The van der Waals surface area contributed by atoms with Gasteiger partial charge in [-0.3, -0.25) is 14.6 Å². The van der Waals surface area contributed by atoms with Crippen LogP contribution in [-0.4, -0.2) is 27.4 Å². The van der Waals surface area contributed by atoms with Crippen LogP contribution in [0.15, 0.2) is 53.6 Å². The van der Waals surface area contributed by atoms with Crippen molar-refractivity contribution in [2.45, 2.75) is 32.1 Å². The molecule has 6 nitrogen and oxygen atoms in total. The first kappa shape index (κ1) is 22.6. The van der Waals surface area contributed by atoms with Gasteiger partial charge >= 0.3 is 0 Å². The second-order valence-electron chi connectivity index (χ2n) is 7.52. The molecule has 8 heteroatoms. The summed E-state index contributed by atoms with van der Waals surface area (Å²) in [5, 5.41) is 3.01. The number of pyridine rings is 1. The maximum atomic E-state index is 13.2. The van der Waals surface area contributed by atoms with E-state index in [1.165, 1.54) is 12.1 Å². The Morgan fingerprint density at radius 1 is 1.10 bits per heavy atom. The Bertz CT molecular complexity index is 1090. The molecule has 2 aromatic heterocycles. The number of benzene rings is 1. The van der Waals surface area contributed by atoms with Gasteiger partial charge in [-0.1, -0.05) is 0 Å². The third-order valence-corrected chi connectivity index (χ3v) is 5.52. The molecule has 0 radical (unpaired) electrons. The summed E-state index contributed by atoms with van der Waals surface area (Å²) >= 11 is 0. The number of hydrogen-bond acceptors (Lipinski definition) is 4. The molecule has 0 saturated heterocycles. The third-order valence-electron chi connectivity index (χ3n) is 5.52. The first-order valence-corrected chi connectivity index (χ1v) is 10.1. The van der Waals surface area contributed by atoms with Crippen molar-refractivity contribution < 1.29 is 9.18 Å². The molecule has 1 aromatic carbocycles. The van der Waals surface area contributed by atoms with Crippen LogP contribution in [0.2, 0.25) is 0 Å². The van der Waals surface area contributed by atoms with E-state index in [4.69, 9.17) is 0 Å². The molecule has 1 amide bonds. The number of rotatable bonds is 5. The molecule has 0 saturated carbocycles. The van der Waals surface area contributed by atoms with Crippen LogP contribution in [0.3, 0.4) is 0 Å². The van der Waals surface area contributed by atoms with E-state index in [-0.39, 0.29) is 35.6 Å². The fourth-order valence-corrected chi connectivity index (χ4v) is 3.81. The fourth-order valence-electron chi connectivity index (χ4n) is 3.81. The zero-order chi connectivity index (χ0) is 20.9.